The Balaban J connectivity index is 2.07. The third kappa shape index (κ3) is 3.56. The molecule has 0 aliphatic rings. The number of nitro groups is 1. The molecule has 1 aromatic heterocycles. The first kappa shape index (κ1) is 12.6. The van der Waals surface area contributed by atoms with Crippen LogP contribution in [-0.2, 0) is 12.3 Å². The predicted octanol–water partition coefficient (Wildman–Crippen LogP) is 3.15. The van der Waals surface area contributed by atoms with Crippen molar-refractivity contribution >= 4 is 11.8 Å². The minimum Gasteiger partial charge on any atom is -0.264 e. The predicted molar refractivity (Wildman–Crippen MR) is 70.9 cm³/mol. The van der Waals surface area contributed by atoms with Crippen LogP contribution in [0.1, 0.15) is 11.1 Å². The van der Waals surface area contributed by atoms with Crippen LogP contribution in [0.15, 0.2) is 53.7 Å². The van der Waals surface area contributed by atoms with Crippen molar-refractivity contribution in [2.45, 2.75) is 17.3 Å². The maximum Gasteiger partial charge on any atom is 0.231 e. The summed E-state index contributed by atoms with van der Waals surface area (Å²) < 4.78 is 0. The molecule has 0 radical (unpaired) electrons. The number of aromatic nitrogens is 1. The summed E-state index contributed by atoms with van der Waals surface area (Å²) in [5, 5.41) is 11.3. The molecule has 0 unspecified atom stereocenters. The first-order chi connectivity index (χ1) is 8.75. The molecule has 0 fully saturated rings. The van der Waals surface area contributed by atoms with Crippen molar-refractivity contribution in [1.82, 2.24) is 4.98 Å². The molecule has 0 aliphatic carbocycles. The molecular weight excluding hydrogens is 248 g/mol. The molecule has 0 saturated carbocycles. The summed E-state index contributed by atoms with van der Waals surface area (Å²) in [7, 11) is 0. The molecule has 18 heavy (non-hydrogen) atoms. The molecule has 0 spiro atoms. The van der Waals surface area contributed by atoms with E-state index in [9.17, 15) is 10.1 Å². The zero-order chi connectivity index (χ0) is 12.8. The van der Waals surface area contributed by atoms with Crippen molar-refractivity contribution in [1.29, 1.82) is 0 Å². The number of thioether (sulfide) groups is 1. The summed E-state index contributed by atoms with van der Waals surface area (Å²) in [4.78, 5) is 14.4. The van der Waals surface area contributed by atoms with Gasteiger partial charge in [-0.2, -0.15) is 0 Å². The van der Waals surface area contributed by atoms with E-state index in [-0.39, 0.29) is 11.5 Å². The highest BCUT2D eigenvalue weighted by atomic mass is 32.2. The molecule has 0 saturated heterocycles. The Morgan fingerprint density at radius 2 is 1.94 bits per heavy atom. The van der Waals surface area contributed by atoms with Crippen molar-refractivity contribution in [2.75, 3.05) is 0 Å². The van der Waals surface area contributed by atoms with Crippen molar-refractivity contribution < 1.29 is 4.92 Å². The van der Waals surface area contributed by atoms with Gasteiger partial charge in [0.2, 0.25) is 6.54 Å². The van der Waals surface area contributed by atoms with Crippen LogP contribution in [-0.4, -0.2) is 9.91 Å². The highest BCUT2D eigenvalue weighted by molar-refractivity contribution is 7.98. The van der Waals surface area contributed by atoms with Crippen LogP contribution in [0.25, 0.3) is 0 Å². The summed E-state index contributed by atoms with van der Waals surface area (Å²) in [6, 6.07) is 13.5. The van der Waals surface area contributed by atoms with Crippen LogP contribution in [0.3, 0.4) is 0 Å². The second kappa shape index (κ2) is 6.16. The SMILES string of the molecule is O=[N+]([O-])Cc1cccnc1SCc1ccccc1. The highest BCUT2D eigenvalue weighted by Crippen LogP contribution is 2.24. The Morgan fingerprint density at radius 3 is 2.67 bits per heavy atom. The fourth-order valence-electron chi connectivity index (χ4n) is 1.54. The molecular formula is C13H12N2O2S. The molecule has 92 valence electrons. The highest BCUT2D eigenvalue weighted by Gasteiger charge is 2.09. The lowest BCUT2D eigenvalue weighted by molar-refractivity contribution is -0.497. The Labute approximate surface area is 109 Å². The van der Waals surface area contributed by atoms with E-state index in [1.165, 1.54) is 17.3 Å². The summed E-state index contributed by atoms with van der Waals surface area (Å²) >= 11 is 1.53. The molecule has 0 bridgehead atoms. The van der Waals surface area contributed by atoms with Gasteiger partial charge in [0.25, 0.3) is 0 Å². The van der Waals surface area contributed by atoms with Gasteiger partial charge in [0, 0.05) is 16.9 Å². The molecule has 4 nitrogen and oxygen atoms in total. The molecule has 1 heterocycles. The van der Waals surface area contributed by atoms with Crippen LogP contribution in [0.2, 0.25) is 0 Å². The number of pyridine rings is 1. The number of nitrogens with zero attached hydrogens (tertiary/aromatic N) is 2. The Morgan fingerprint density at radius 1 is 1.17 bits per heavy atom. The van der Waals surface area contributed by atoms with E-state index in [0.717, 1.165) is 10.8 Å². The quantitative estimate of drug-likeness (QED) is 0.471. The van der Waals surface area contributed by atoms with Crippen molar-refractivity contribution in [2.24, 2.45) is 0 Å². The third-order valence-corrected chi connectivity index (χ3v) is 3.49. The van der Waals surface area contributed by atoms with Gasteiger partial charge in [0.15, 0.2) is 0 Å². The molecule has 2 aromatic rings. The van der Waals surface area contributed by atoms with Gasteiger partial charge in [-0.1, -0.05) is 30.3 Å². The number of benzene rings is 1. The number of hydrogen-bond acceptors (Lipinski definition) is 4. The van der Waals surface area contributed by atoms with Crippen LogP contribution < -0.4 is 0 Å². The van der Waals surface area contributed by atoms with Crippen molar-refractivity contribution in [3.05, 3.63) is 69.9 Å². The Hall–Kier alpha value is -1.88. The number of hydrogen-bond donors (Lipinski definition) is 0. The van der Waals surface area contributed by atoms with E-state index < -0.39 is 0 Å². The smallest absolute Gasteiger partial charge is 0.231 e. The van der Waals surface area contributed by atoms with Gasteiger partial charge in [-0.15, -0.1) is 11.8 Å². The van der Waals surface area contributed by atoms with Crippen LogP contribution in [0, 0.1) is 10.1 Å². The molecule has 0 amide bonds. The van der Waals surface area contributed by atoms with Crippen molar-refractivity contribution in [3.63, 3.8) is 0 Å². The first-order valence-electron chi connectivity index (χ1n) is 5.48. The average molecular weight is 260 g/mol. The minimum absolute atomic E-state index is 0.176. The van der Waals surface area contributed by atoms with E-state index in [4.69, 9.17) is 0 Å². The maximum atomic E-state index is 10.6. The Bertz CT molecular complexity index is 532. The van der Waals surface area contributed by atoms with Gasteiger partial charge < -0.3 is 0 Å². The summed E-state index contributed by atoms with van der Waals surface area (Å²) in [6.07, 6.45) is 1.66. The second-order valence-corrected chi connectivity index (χ2v) is 4.70. The molecule has 0 atom stereocenters. The van der Waals surface area contributed by atoms with E-state index in [1.54, 1.807) is 18.3 Å². The molecule has 2 rings (SSSR count). The number of rotatable bonds is 5. The minimum atomic E-state index is -0.330. The van der Waals surface area contributed by atoms with Gasteiger partial charge in [0.1, 0.15) is 5.03 Å². The van der Waals surface area contributed by atoms with Crippen LogP contribution >= 0.6 is 11.8 Å². The zero-order valence-corrected chi connectivity index (χ0v) is 10.5. The van der Waals surface area contributed by atoms with Gasteiger partial charge >= 0.3 is 0 Å². The molecule has 0 aliphatic heterocycles. The lowest BCUT2D eigenvalue weighted by Crippen LogP contribution is -2.01. The van der Waals surface area contributed by atoms with Gasteiger partial charge in [0.05, 0.1) is 5.56 Å². The van der Waals surface area contributed by atoms with E-state index >= 15 is 0 Å². The van der Waals surface area contributed by atoms with E-state index in [2.05, 4.69) is 4.98 Å². The van der Waals surface area contributed by atoms with E-state index in [0.29, 0.717) is 5.56 Å². The second-order valence-electron chi connectivity index (χ2n) is 3.73. The zero-order valence-electron chi connectivity index (χ0n) is 9.65. The molecule has 0 N–H and O–H groups in total. The fourth-order valence-corrected chi connectivity index (χ4v) is 2.49. The fraction of sp³-hybridized carbons (Fsp3) is 0.154. The largest absolute Gasteiger partial charge is 0.264 e. The standard InChI is InChI=1S/C13H12N2O2S/c16-15(17)9-12-7-4-8-14-13(12)18-10-11-5-2-1-3-6-11/h1-8H,9-10H2. The molecule has 1 aromatic carbocycles. The van der Waals surface area contributed by atoms with Gasteiger partial charge in [-0.3, -0.25) is 10.1 Å². The van der Waals surface area contributed by atoms with Crippen LogP contribution in [0.5, 0.6) is 0 Å². The average Bonchev–Trinajstić information content (AvgIpc) is 2.38. The lowest BCUT2D eigenvalue weighted by atomic mass is 10.2. The summed E-state index contributed by atoms with van der Waals surface area (Å²) in [5.41, 5.74) is 1.85. The van der Waals surface area contributed by atoms with E-state index in [1.807, 2.05) is 30.3 Å². The topological polar surface area (TPSA) is 56.0 Å². The van der Waals surface area contributed by atoms with Crippen LogP contribution in [0.4, 0.5) is 0 Å². The monoisotopic (exact) mass is 260 g/mol. The summed E-state index contributed by atoms with van der Waals surface area (Å²) in [6.45, 7) is -0.176. The Kier molecular flexibility index (Phi) is 4.30. The summed E-state index contributed by atoms with van der Waals surface area (Å²) in [5.74, 6) is 0.766. The van der Waals surface area contributed by atoms with Gasteiger partial charge in [-0.05, 0) is 17.7 Å². The van der Waals surface area contributed by atoms with Crippen molar-refractivity contribution in [3.8, 4) is 0 Å². The third-order valence-electron chi connectivity index (χ3n) is 2.37. The lowest BCUT2D eigenvalue weighted by Gasteiger charge is -2.04. The van der Waals surface area contributed by atoms with Gasteiger partial charge in [-0.25, -0.2) is 4.98 Å². The normalized spacial score (nSPS) is 10.2. The first-order valence-corrected chi connectivity index (χ1v) is 6.46. The maximum absolute atomic E-state index is 10.6. The molecule has 5 heteroatoms.